The average Bonchev–Trinajstić information content (AvgIpc) is 3.71. The summed E-state index contributed by atoms with van der Waals surface area (Å²) in [6.07, 6.45) is 0. The molecule has 49 heavy (non-hydrogen) atoms. The molecule has 10 aromatic rings. The van der Waals surface area contributed by atoms with Crippen LogP contribution in [-0.4, -0.2) is 0 Å². The minimum Gasteiger partial charge on any atom is -0.455 e. The van der Waals surface area contributed by atoms with Gasteiger partial charge in [0.1, 0.15) is 22.3 Å². The molecule has 8 aromatic carbocycles. The number of benzene rings is 8. The fourth-order valence-corrected chi connectivity index (χ4v) is 7.71. The number of furan rings is 2. The zero-order valence-electron chi connectivity index (χ0n) is 27.2. The maximum atomic E-state index is 6.60. The van der Waals surface area contributed by atoms with Crippen LogP contribution in [0.4, 0.5) is 17.1 Å². The van der Waals surface area contributed by atoms with Crippen LogP contribution in [0.25, 0.3) is 76.5 Å². The topological polar surface area (TPSA) is 29.5 Å². The lowest BCUT2D eigenvalue weighted by molar-refractivity contribution is 0.672. The van der Waals surface area contributed by atoms with E-state index in [0.717, 1.165) is 82.5 Å². The molecule has 0 spiro atoms. The Morgan fingerprint density at radius 3 is 1.71 bits per heavy atom. The first-order valence-electron chi connectivity index (χ1n) is 16.8. The molecule has 0 saturated heterocycles. The highest BCUT2D eigenvalue weighted by Crippen LogP contribution is 2.49. The summed E-state index contributed by atoms with van der Waals surface area (Å²) in [5, 5.41) is 8.91. The van der Waals surface area contributed by atoms with E-state index in [-0.39, 0.29) is 0 Å². The van der Waals surface area contributed by atoms with Gasteiger partial charge in [-0.15, -0.1) is 0 Å². The van der Waals surface area contributed by atoms with E-state index in [1.165, 1.54) is 22.3 Å². The molecule has 0 aliphatic rings. The molecule has 0 bridgehead atoms. The van der Waals surface area contributed by atoms with Crippen molar-refractivity contribution in [1.82, 2.24) is 0 Å². The van der Waals surface area contributed by atoms with Gasteiger partial charge in [-0.3, -0.25) is 0 Å². The molecule has 2 aromatic heterocycles. The molecule has 3 heteroatoms. The zero-order valence-corrected chi connectivity index (χ0v) is 27.2. The van der Waals surface area contributed by atoms with E-state index in [1.807, 2.05) is 0 Å². The van der Waals surface area contributed by atoms with E-state index >= 15 is 0 Å². The summed E-state index contributed by atoms with van der Waals surface area (Å²) in [7, 11) is 0. The molecule has 232 valence electrons. The quantitative estimate of drug-likeness (QED) is 0.194. The van der Waals surface area contributed by atoms with Crippen LogP contribution < -0.4 is 4.90 Å². The van der Waals surface area contributed by atoms with Crippen LogP contribution in [-0.2, 0) is 0 Å². The maximum absolute atomic E-state index is 6.60. The molecule has 0 unspecified atom stereocenters. The van der Waals surface area contributed by atoms with Crippen molar-refractivity contribution in [1.29, 1.82) is 0 Å². The number of fused-ring (bicyclic) bond motifs is 10. The molecule has 0 amide bonds. The van der Waals surface area contributed by atoms with Crippen molar-refractivity contribution in [3.8, 4) is 11.1 Å². The Bertz CT molecular complexity index is 2890. The lowest BCUT2D eigenvalue weighted by Crippen LogP contribution is -2.11. The molecule has 2 heterocycles. The van der Waals surface area contributed by atoms with E-state index < -0.39 is 0 Å². The van der Waals surface area contributed by atoms with Gasteiger partial charge in [0.25, 0.3) is 0 Å². The Labute approximate surface area is 283 Å². The maximum Gasteiger partial charge on any atom is 0.143 e. The minimum absolute atomic E-state index is 0.897. The van der Waals surface area contributed by atoms with E-state index in [2.05, 4.69) is 170 Å². The van der Waals surface area contributed by atoms with E-state index in [1.54, 1.807) is 0 Å². The first kappa shape index (κ1) is 27.8. The monoisotopic (exact) mass is 629 g/mol. The Balaban J connectivity index is 1.34. The Morgan fingerprint density at radius 2 is 1.00 bits per heavy atom. The van der Waals surface area contributed by atoms with Gasteiger partial charge in [-0.1, -0.05) is 115 Å². The van der Waals surface area contributed by atoms with Crippen LogP contribution in [0.2, 0.25) is 0 Å². The predicted molar refractivity (Wildman–Crippen MR) is 206 cm³/mol. The van der Waals surface area contributed by atoms with Gasteiger partial charge in [0, 0.05) is 48.8 Å². The van der Waals surface area contributed by atoms with E-state index in [4.69, 9.17) is 8.83 Å². The lowest BCUT2D eigenvalue weighted by Gasteiger charge is -2.28. The highest BCUT2D eigenvalue weighted by atomic mass is 16.3. The predicted octanol–water partition coefficient (Wildman–Crippen LogP) is 13.5. The summed E-state index contributed by atoms with van der Waals surface area (Å²) < 4.78 is 13.2. The molecule has 0 radical (unpaired) electrons. The Hall–Kier alpha value is -6.32. The molecular formula is C46H31NO2. The molecule has 0 atom stereocenters. The second-order valence-corrected chi connectivity index (χ2v) is 13.0. The largest absolute Gasteiger partial charge is 0.455 e. The van der Waals surface area contributed by atoms with Crippen molar-refractivity contribution in [3.05, 3.63) is 163 Å². The number of rotatable bonds is 4. The molecule has 0 fully saturated rings. The number of anilines is 3. The fourth-order valence-electron chi connectivity index (χ4n) is 7.71. The van der Waals surface area contributed by atoms with E-state index in [9.17, 15) is 0 Å². The van der Waals surface area contributed by atoms with Gasteiger partial charge in [0.2, 0.25) is 0 Å². The van der Waals surface area contributed by atoms with Gasteiger partial charge < -0.3 is 13.7 Å². The van der Waals surface area contributed by atoms with Crippen molar-refractivity contribution in [2.75, 3.05) is 4.90 Å². The van der Waals surface area contributed by atoms with Crippen molar-refractivity contribution >= 4 is 82.5 Å². The van der Waals surface area contributed by atoms with Gasteiger partial charge in [-0.2, -0.15) is 0 Å². The Kier molecular flexibility index (Phi) is 6.00. The van der Waals surface area contributed by atoms with Crippen LogP contribution in [0.5, 0.6) is 0 Å². The van der Waals surface area contributed by atoms with E-state index in [0.29, 0.717) is 0 Å². The molecule has 0 N–H and O–H groups in total. The third kappa shape index (κ3) is 4.22. The van der Waals surface area contributed by atoms with Crippen molar-refractivity contribution in [2.24, 2.45) is 0 Å². The van der Waals surface area contributed by atoms with Crippen molar-refractivity contribution in [2.45, 2.75) is 13.8 Å². The van der Waals surface area contributed by atoms with Crippen molar-refractivity contribution < 1.29 is 8.83 Å². The molecule has 0 aliphatic carbocycles. The summed E-state index contributed by atoms with van der Waals surface area (Å²) in [6, 6.07) is 54.2. The third-order valence-corrected chi connectivity index (χ3v) is 10.0. The summed E-state index contributed by atoms with van der Waals surface area (Å²) in [5.41, 5.74) is 11.7. The lowest BCUT2D eigenvalue weighted by atomic mass is 9.98. The highest BCUT2D eigenvalue weighted by Gasteiger charge is 2.24. The van der Waals surface area contributed by atoms with Crippen LogP contribution in [0.15, 0.2) is 160 Å². The summed E-state index contributed by atoms with van der Waals surface area (Å²) in [5.74, 6) is 0. The first-order chi connectivity index (χ1) is 24.1. The van der Waals surface area contributed by atoms with Gasteiger partial charge in [-0.25, -0.2) is 0 Å². The average molecular weight is 630 g/mol. The van der Waals surface area contributed by atoms with Gasteiger partial charge in [-0.05, 0) is 73.0 Å². The molecule has 0 saturated carbocycles. The summed E-state index contributed by atoms with van der Waals surface area (Å²) in [4.78, 5) is 2.43. The molecule has 0 aliphatic heterocycles. The summed E-state index contributed by atoms with van der Waals surface area (Å²) in [6.45, 7) is 4.30. The number of aryl methyl sites for hydroxylation is 2. The zero-order chi connectivity index (χ0) is 32.6. The SMILES string of the molecule is Cc1ccc2oc3c4ccccc4c(N(c4ccc(-c5ccccc5)cc4)c4cc5c(oc6cccc(C)c65)c5ccccc45)cc3c2c1. The molecule has 10 rings (SSSR count). The van der Waals surface area contributed by atoms with Crippen LogP contribution >= 0.6 is 0 Å². The normalized spacial score (nSPS) is 11.9. The van der Waals surface area contributed by atoms with Crippen LogP contribution in [0.3, 0.4) is 0 Å². The second-order valence-electron chi connectivity index (χ2n) is 13.0. The fraction of sp³-hybridized carbons (Fsp3) is 0.0435. The number of hydrogen-bond donors (Lipinski definition) is 0. The molecular weight excluding hydrogens is 599 g/mol. The molecule has 3 nitrogen and oxygen atoms in total. The first-order valence-corrected chi connectivity index (χ1v) is 16.8. The minimum atomic E-state index is 0.897. The van der Waals surface area contributed by atoms with Crippen LogP contribution in [0.1, 0.15) is 11.1 Å². The van der Waals surface area contributed by atoms with Gasteiger partial charge in [0.05, 0.1) is 11.4 Å². The smallest absolute Gasteiger partial charge is 0.143 e. The number of nitrogens with zero attached hydrogens (tertiary/aromatic N) is 1. The third-order valence-electron chi connectivity index (χ3n) is 10.0. The van der Waals surface area contributed by atoms with Gasteiger partial charge in [0.15, 0.2) is 0 Å². The van der Waals surface area contributed by atoms with Gasteiger partial charge >= 0.3 is 0 Å². The van der Waals surface area contributed by atoms with Crippen LogP contribution in [0, 0.1) is 13.8 Å². The highest BCUT2D eigenvalue weighted by molar-refractivity contribution is 6.23. The standard InChI is InChI=1S/C46H31NO2/c1-28-19-24-42-37(25-28)38-26-40(33-14-6-8-16-35(33)45(38)48-42)47(32-22-20-31(21-23-32)30-12-4-3-5-13-30)41-27-39-44-29(2)11-10-18-43(44)49-46(39)36-17-9-7-15-34(36)41/h3-27H,1-2H3. The summed E-state index contributed by atoms with van der Waals surface area (Å²) >= 11 is 0. The Morgan fingerprint density at radius 1 is 0.408 bits per heavy atom. The second kappa shape index (κ2) is 10.6. The van der Waals surface area contributed by atoms with Crippen molar-refractivity contribution in [3.63, 3.8) is 0 Å². The number of hydrogen-bond acceptors (Lipinski definition) is 3.